The summed E-state index contributed by atoms with van der Waals surface area (Å²) in [5.41, 5.74) is 5.28. The van der Waals surface area contributed by atoms with Gasteiger partial charge in [-0.15, -0.1) is 0 Å². The van der Waals surface area contributed by atoms with Crippen LogP contribution < -0.4 is 11.1 Å². The second-order valence-electron chi connectivity index (χ2n) is 2.38. The van der Waals surface area contributed by atoms with Crippen LogP contribution in [-0.4, -0.2) is 18.0 Å². The summed E-state index contributed by atoms with van der Waals surface area (Å²) >= 11 is 0. The van der Waals surface area contributed by atoms with Crippen LogP contribution in [-0.2, 0) is 4.79 Å². The lowest BCUT2D eigenvalue weighted by molar-refractivity contribution is -0.122. The molecule has 3 nitrogen and oxygen atoms in total. The molecule has 1 amide bonds. The highest BCUT2D eigenvalue weighted by Gasteiger charge is 2.24. The molecule has 1 fully saturated rings. The van der Waals surface area contributed by atoms with E-state index in [-0.39, 0.29) is 5.91 Å². The number of hydrogen-bond acceptors (Lipinski definition) is 2. The number of nitrogens with two attached hydrogens (primary N) is 1. The molecule has 0 radical (unpaired) electrons. The molecule has 0 aromatic heterocycles. The van der Waals surface area contributed by atoms with Crippen molar-refractivity contribution in [3.05, 3.63) is 0 Å². The van der Waals surface area contributed by atoms with Gasteiger partial charge in [0.05, 0.1) is 7.41 Å². The highest BCUT2D eigenvalue weighted by atomic mass is 16.2. The summed E-state index contributed by atoms with van der Waals surface area (Å²) in [5, 5.41) is 2.53. The van der Waals surface area contributed by atoms with Crippen molar-refractivity contribution in [2.45, 2.75) is 31.8 Å². The lowest BCUT2D eigenvalue weighted by atomic mass is 10.3. The minimum atomic E-state index is -0.676. The van der Waals surface area contributed by atoms with Crippen LogP contribution in [0.25, 0.3) is 0 Å². The molecule has 1 rings (SSSR count). The maximum atomic E-state index is 10.8. The smallest absolute Gasteiger partial charge is 0.236 e. The molecule has 0 spiro atoms. The molecule has 0 aromatic rings. The molecule has 0 heterocycles. The lowest BCUT2D eigenvalue weighted by Gasteiger charge is -2.04. The van der Waals surface area contributed by atoms with E-state index in [4.69, 9.17) is 7.10 Å². The summed E-state index contributed by atoms with van der Waals surface area (Å²) in [6, 6.07) is -1.17. The number of nitrogens with one attached hydrogen (secondary N) is 1. The van der Waals surface area contributed by atoms with E-state index in [0.717, 1.165) is 12.8 Å². The summed E-state index contributed by atoms with van der Waals surface area (Å²) in [5.74, 6) is -0.229. The zero-order valence-electron chi connectivity index (χ0n) is 6.48. The van der Waals surface area contributed by atoms with Crippen molar-refractivity contribution < 1.29 is 6.17 Å². The van der Waals surface area contributed by atoms with Crippen LogP contribution in [0.1, 0.15) is 21.1 Å². The third-order valence-corrected chi connectivity index (χ3v) is 1.21. The zero-order chi connectivity index (χ0) is 7.78. The van der Waals surface area contributed by atoms with Crippen molar-refractivity contribution in [1.82, 2.24) is 5.32 Å². The first-order chi connectivity index (χ1) is 4.53. The fourth-order valence-electron chi connectivity index (χ4n) is 0.476. The predicted molar refractivity (Wildman–Crippen MR) is 34.8 cm³/mol. The van der Waals surface area contributed by atoms with Gasteiger partial charge in [0.2, 0.25) is 5.91 Å². The first-order valence-electron chi connectivity index (χ1n) is 3.61. The standard InChI is InChI=1S/C6H12N2O/c1-4(7)6(9)8-5-2-3-5/h4-5H,2-3,7H2,1H3,(H,8,9)/t4-/m0/s1/i5D. The van der Waals surface area contributed by atoms with E-state index >= 15 is 0 Å². The molecule has 3 N–H and O–H groups in total. The predicted octanol–water partition coefficient (Wildman–Crippen LogP) is -0.388. The summed E-state index contributed by atoms with van der Waals surface area (Å²) in [4.78, 5) is 10.8. The van der Waals surface area contributed by atoms with Crippen LogP contribution >= 0.6 is 0 Å². The molecule has 1 saturated carbocycles. The largest absolute Gasteiger partial charge is 0.352 e. The molecular formula is C6H12N2O. The monoisotopic (exact) mass is 129 g/mol. The fraction of sp³-hybridized carbons (Fsp3) is 0.833. The molecule has 3 heteroatoms. The number of carbonyl (C=O) groups excluding carboxylic acids is 1. The van der Waals surface area contributed by atoms with Crippen LogP contribution in [0.5, 0.6) is 0 Å². The zero-order valence-corrected chi connectivity index (χ0v) is 5.48. The van der Waals surface area contributed by atoms with Crippen LogP contribution in [0, 0.1) is 0 Å². The van der Waals surface area contributed by atoms with Crippen molar-refractivity contribution in [3.63, 3.8) is 0 Å². The van der Waals surface area contributed by atoms with Crippen LogP contribution in [0.4, 0.5) is 0 Å². The first kappa shape index (κ1) is 5.23. The Labute approximate surface area is 56.0 Å². The topological polar surface area (TPSA) is 55.1 Å². The van der Waals surface area contributed by atoms with Gasteiger partial charge in [-0.25, -0.2) is 0 Å². The maximum Gasteiger partial charge on any atom is 0.236 e. The van der Waals surface area contributed by atoms with E-state index in [9.17, 15) is 4.79 Å². The second-order valence-corrected chi connectivity index (χ2v) is 2.38. The average Bonchev–Trinajstić information content (AvgIpc) is 2.47. The molecule has 0 aliphatic heterocycles. The van der Waals surface area contributed by atoms with Gasteiger partial charge in [0.1, 0.15) is 0 Å². The highest BCUT2D eigenvalue weighted by Crippen LogP contribution is 2.18. The van der Waals surface area contributed by atoms with Crippen LogP contribution in [0.2, 0.25) is 0 Å². The molecule has 52 valence electrons. The molecule has 1 atom stereocenters. The van der Waals surface area contributed by atoms with Crippen molar-refractivity contribution in [2.75, 3.05) is 0 Å². The molecule has 1 aliphatic carbocycles. The number of amides is 1. The summed E-state index contributed by atoms with van der Waals surface area (Å²) in [6.45, 7) is 1.61. The van der Waals surface area contributed by atoms with Gasteiger partial charge in [-0.3, -0.25) is 4.79 Å². The van der Waals surface area contributed by atoms with Gasteiger partial charge < -0.3 is 11.1 Å². The van der Waals surface area contributed by atoms with Crippen molar-refractivity contribution in [2.24, 2.45) is 5.73 Å². The van der Waals surface area contributed by atoms with Gasteiger partial charge in [0, 0.05) is 6.02 Å². The SMILES string of the molecule is [2H]C1(NC(=O)[C@H](C)N)CC1. The van der Waals surface area contributed by atoms with Crippen molar-refractivity contribution >= 4 is 5.91 Å². The maximum absolute atomic E-state index is 10.8. The van der Waals surface area contributed by atoms with Gasteiger partial charge >= 0.3 is 0 Å². The van der Waals surface area contributed by atoms with Crippen LogP contribution in [0.3, 0.4) is 0 Å². The van der Waals surface area contributed by atoms with Gasteiger partial charge in [-0.2, -0.15) is 0 Å². The second kappa shape index (κ2) is 2.35. The van der Waals surface area contributed by atoms with Gasteiger partial charge in [0.25, 0.3) is 0 Å². The molecule has 0 saturated heterocycles. The average molecular weight is 129 g/mol. The normalized spacial score (nSPS) is 26.2. The van der Waals surface area contributed by atoms with E-state index in [0.29, 0.717) is 0 Å². The third-order valence-electron chi connectivity index (χ3n) is 1.21. The number of rotatable bonds is 2. The first-order valence-corrected chi connectivity index (χ1v) is 3.11. The minimum Gasteiger partial charge on any atom is -0.352 e. The molecule has 0 bridgehead atoms. The minimum absolute atomic E-state index is 0.229. The summed E-state index contributed by atoms with van der Waals surface area (Å²) < 4.78 is 7.38. The van der Waals surface area contributed by atoms with Crippen LogP contribution in [0.15, 0.2) is 0 Å². The summed E-state index contributed by atoms with van der Waals surface area (Å²) in [6.07, 6.45) is 1.51. The van der Waals surface area contributed by atoms with Gasteiger partial charge in [-0.05, 0) is 19.8 Å². The lowest BCUT2D eigenvalue weighted by Crippen LogP contribution is -2.39. The summed E-state index contributed by atoms with van der Waals surface area (Å²) in [7, 11) is 0. The van der Waals surface area contributed by atoms with Crippen molar-refractivity contribution in [3.8, 4) is 0 Å². The molecule has 0 unspecified atom stereocenters. The third kappa shape index (κ3) is 2.01. The van der Waals surface area contributed by atoms with E-state index in [2.05, 4.69) is 5.32 Å². The Kier molecular flexibility index (Phi) is 1.37. The molecule has 9 heavy (non-hydrogen) atoms. The Balaban J connectivity index is 2.31. The van der Waals surface area contributed by atoms with E-state index in [1.807, 2.05) is 0 Å². The Morgan fingerprint density at radius 1 is 2.00 bits per heavy atom. The van der Waals surface area contributed by atoms with E-state index in [1.54, 1.807) is 6.92 Å². The van der Waals surface area contributed by atoms with Crippen molar-refractivity contribution in [1.29, 1.82) is 0 Å². The number of hydrogen-bond donors (Lipinski definition) is 2. The Hall–Kier alpha value is -0.570. The van der Waals surface area contributed by atoms with Gasteiger partial charge in [0.15, 0.2) is 0 Å². The quantitative estimate of drug-likeness (QED) is 0.533. The number of carbonyl (C=O) groups is 1. The molecule has 0 aromatic carbocycles. The fourth-order valence-corrected chi connectivity index (χ4v) is 0.476. The molecular weight excluding hydrogens is 116 g/mol. The van der Waals surface area contributed by atoms with E-state index < -0.39 is 12.1 Å². The van der Waals surface area contributed by atoms with Gasteiger partial charge in [-0.1, -0.05) is 0 Å². The Morgan fingerprint density at radius 3 is 2.89 bits per heavy atom. The van der Waals surface area contributed by atoms with E-state index in [1.165, 1.54) is 0 Å². The molecule has 1 aliphatic rings. The Morgan fingerprint density at radius 2 is 2.56 bits per heavy atom. The highest BCUT2D eigenvalue weighted by molar-refractivity contribution is 5.81. The Bertz CT molecular complexity index is 154.